The highest BCUT2D eigenvalue weighted by Gasteiger charge is 2.34. The molecule has 9 heteroatoms. The van der Waals surface area contributed by atoms with E-state index in [9.17, 15) is 14.9 Å². The zero-order valence-electron chi connectivity index (χ0n) is 15.6. The molecule has 0 spiro atoms. The van der Waals surface area contributed by atoms with Crippen molar-refractivity contribution in [1.29, 1.82) is 0 Å². The zero-order valence-corrected chi connectivity index (χ0v) is 16.4. The van der Waals surface area contributed by atoms with Crippen LogP contribution in [0.25, 0.3) is 0 Å². The monoisotopic (exact) mass is 393 g/mol. The molecule has 0 saturated carbocycles. The number of benzene rings is 1. The van der Waals surface area contributed by atoms with Gasteiger partial charge in [-0.15, -0.1) is 0 Å². The number of thiocarbonyl (C=S) groups is 1. The largest absolute Gasteiger partial charge is 0.466 e. The fraction of sp³-hybridized carbons (Fsp3) is 0.444. The third-order valence-corrected chi connectivity index (χ3v) is 4.65. The van der Waals surface area contributed by atoms with Crippen LogP contribution in [0.2, 0.25) is 0 Å². The smallest absolute Gasteiger partial charge is 0.337 e. The first-order valence-corrected chi connectivity index (χ1v) is 9.00. The first kappa shape index (κ1) is 20.8. The Kier molecular flexibility index (Phi) is 7.26. The summed E-state index contributed by atoms with van der Waals surface area (Å²) in [5.74, 6) is -0.472. The van der Waals surface area contributed by atoms with Crippen molar-refractivity contribution in [2.45, 2.75) is 26.3 Å². The van der Waals surface area contributed by atoms with Gasteiger partial charge in [0.15, 0.2) is 5.11 Å². The van der Waals surface area contributed by atoms with Crippen molar-refractivity contribution in [1.82, 2.24) is 10.2 Å². The Morgan fingerprint density at radius 3 is 2.59 bits per heavy atom. The molecule has 0 bridgehead atoms. The quantitative estimate of drug-likeness (QED) is 0.237. The lowest BCUT2D eigenvalue weighted by molar-refractivity contribution is -0.384. The fourth-order valence-corrected chi connectivity index (χ4v) is 3.28. The number of hydrogen-bond donors (Lipinski definition) is 1. The lowest BCUT2D eigenvalue weighted by Crippen LogP contribution is -2.48. The maximum absolute atomic E-state index is 12.4. The molecule has 1 atom stereocenters. The van der Waals surface area contributed by atoms with E-state index >= 15 is 0 Å². The summed E-state index contributed by atoms with van der Waals surface area (Å²) in [4.78, 5) is 24.7. The second-order valence-corrected chi connectivity index (χ2v) is 6.31. The molecule has 0 amide bonds. The Labute approximate surface area is 163 Å². The van der Waals surface area contributed by atoms with Gasteiger partial charge in [0.05, 0.1) is 23.6 Å². The van der Waals surface area contributed by atoms with E-state index in [4.69, 9.17) is 21.7 Å². The van der Waals surface area contributed by atoms with Crippen LogP contribution < -0.4 is 5.32 Å². The highest BCUT2D eigenvalue weighted by molar-refractivity contribution is 7.80. The minimum Gasteiger partial charge on any atom is -0.466 e. The van der Waals surface area contributed by atoms with Crippen molar-refractivity contribution in [3.05, 3.63) is 51.2 Å². The Hall–Kier alpha value is -2.52. The Bertz CT molecular complexity index is 748. The van der Waals surface area contributed by atoms with Gasteiger partial charge in [0.1, 0.15) is 0 Å². The van der Waals surface area contributed by atoms with Crippen LogP contribution in [-0.4, -0.2) is 47.8 Å². The van der Waals surface area contributed by atoms with Gasteiger partial charge in [-0.3, -0.25) is 10.1 Å². The van der Waals surface area contributed by atoms with Gasteiger partial charge in [0.25, 0.3) is 5.69 Å². The van der Waals surface area contributed by atoms with Crippen LogP contribution in [0, 0.1) is 10.1 Å². The van der Waals surface area contributed by atoms with E-state index in [2.05, 4.69) is 5.32 Å². The first-order valence-electron chi connectivity index (χ1n) is 8.59. The van der Waals surface area contributed by atoms with Crippen molar-refractivity contribution in [2.24, 2.45) is 0 Å². The van der Waals surface area contributed by atoms with Crippen LogP contribution in [0.5, 0.6) is 0 Å². The van der Waals surface area contributed by atoms with Crippen molar-refractivity contribution in [2.75, 3.05) is 26.9 Å². The number of nitrogens with one attached hydrogen (secondary N) is 1. The first-order chi connectivity index (χ1) is 12.9. The maximum atomic E-state index is 12.4. The molecule has 146 valence electrons. The highest BCUT2D eigenvalue weighted by atomic mass is 32.1. The summed E-state index contributed by atoms with van der Waals surface area (Å²) < 4.78 is 10.3. The number of esters is 1. The number of methoxy groups -OCH3 is 1. The van der Waals surface area contributed by atoms with E-state index in [1.165, 1.54) is 19.2 Å². The molecule has 8 nitrogen and oxygen atoms in total. The van der Waals surface area contributed by atoms with Crippen molar-refractivity contribution >= 4 is 29.0 Å². The minimum absolute atomic E-state index is 0.0185. The Balaban J connectivity index is 2.34. The predicted molar refractivity (Wildman–Crippen MR) is 104 cm³/mol. The van der Waals surface area contributed by atoms with Gasteiger partial charge >= 0.3 is 5.97 Å². The number of nitro groups is 1. The van der Waals surface area contributed by atoms with Gasteiger partial charge in [-0.2, -0.15) is 0 Å². The lowest BCUT2D eigenvalue weighted by Gasteiger charge is -2.37. The molecule has 1 aromatic carbocycles. The summed E-state index contributed by atoms with van der Waals surface area (Å²) in [5, 5.41) is 14.5. The predicted octanol–water partition coefficient (Wildman–Crippen LogP) is 2.70. The summed E-state index contributed by atoms with van der Waals surface area (Å²) in [5.41, 5.74) is 1.80. The number of hydrogen-bond acceptors (Lipinski definition) is 6. The van der Waals surface area contributed by atoms with E-state index in [-0.39, 0.29) is 5.69 Å². The number of ether oxygens (including phenoxy) is 2. The van der Waals surface area contributed by atoms with Crippen molar-refractivity contribution in [3.63, 3.8) is 0 Å². The van der Waals surface area contributed by atoms with Gasteiger partial charge in [0.2, 0.25) is 0 Å². The van der Waals surface area contributed by atoms with E-state index in [1.54, 1.807) is 12.1 Å². The van der Waals surface area contributed by atoms with Gasteiger partial charge in [-0.25, -0.2) is 4.79 Å². The topological polar surface area (TPSA) is 93.9 Å². The number of carbonyl (C=O) groups excluding carboxylic acids is 1. The summed E-state index contributed by atoms with van der Waals surface area (Å²) >= 11 is 5.48. The molecule has 0 unspecified atom stereocenters. The van der Waals surface area contributed by atoms with Gasteiger partial charge in [-0.05, 0) is 50.2 Å². The number of rotatable bonds is 8. The van der Waals surface area contributed by atoms with Crippen molar-refractivity contribution < 1.29 is 19.2 Å². The van der Waals surface area contributed by atoms with E-state index in [1.807, 2.05) is 18.7 Å². The van der Waals surface area contributed by atoms with Crippen LogP contribution in [0.4, 0.5) is 5.69 Å². The maximum Gasteiger partial charge on any atom is 0.337 e. The molecule has 0 aliphatic carbocycles. The molecular formula is C18H23N3O5S. The van der Waals surface area contributed by atoms with Gasteiger partial charge in [-0.1, -0.05) is 0 Å². The molecule has 1 heterocycles. The average Bonchev–Trinajstić information content (AvgIpc) is 2.66. The van der Waals surface area contributed by atoms with Crippen LogP contribution in [0.1, 0.15) is 31.9 Å². The molecule has 1 N–H and O–H groups in total. The molecule has 1 aliphatic heterocycles. The molecule has 0 saturated heterocycles. The third-order valence-electron chi connectivity index (χ3n) is 4.31. The molecule has 0 radical (unpaired) electrons. The summed E-state index contributed by atoms with van der Waals surface area (Å²) in [6.45, 7) is 5.60. The Morgan fingerprint density at radius 2 is 2.04 bits per heavy atom. The normalized spacial score (nSPS) is 16.9. The summed E-state index contributed by atoms with van der Waals surface area (Å²) in [6, 6.07) is 5.49. The molecule has 0 aromatic heterocycles. The van der Waals surface area contributed by atoms with Gasteiger partial charge < -0.3 is 19.7 Å². The van der Waals surface area contributed by atoms with E-state index in [0.717, 1.165) is 6.42 Å². The molecule has 1 aliphatic rings. The fourth-order valence-electron chi connectivity index (χ4n) is 2.93. The van der Waals surface area contributed by atoms with Crippen molar-refractivity contribution in [3.8, 4) is 0 Å². The van der Waals surface area contributed by atoms with Crippen LogP contribution in [-0.2, 0) is 14.3 Å². The molecule has 2 rings (SSSR count). The standard InChI is InChI=1S/C18H23N3O5S/c1-4-26-11-5-10-20-12(2)15(17(22)25-3)16(19-18(20)27)13-6-8-14(9-7-13)21(23)24/h6-9,16H,4-5,10-11H2,1-3H3,(H,19,27)/t16-/m0/s1. The molecule has 0 fully saturated rings. The van der Waals surface area contributed by atoms with Crippen LogP contribution in [0.15, 0.2) is 35.5 Å². The number of carbonyl (C=O) groups is 1. The summed E-state index contributed by atoms with van der Waals surface area (Å²) in [6.07, 6.45) is 0.754. The molecule has 1 aromatic rings. The minimum atomic E-state index is -0.533. The molecular weight excluding hydrogens is 370 g/mol. The number of non-ortho nitro benzene ring substituents is 1. The average molecular weight is 393 g/mol. The highest BCUT2D eigenvalue weighted by Crippen LogP contribution is 2.32. The Morgan fingerprint density at radius 1 is 1.37 bits per heavy atom. The van der Waals surface area contributed by atoms with Crippen LogP contribution in [0.3, 0.4) is 0 Å². The molecule has 27 heavy (non-hydrogen) atoms. The second-order valence-electron chi connectivity index (χ2n) is 5.92. The van der Waals surface area contributed by atoms with E-state index in [0.29, 0.717) is 41.7 Å². The number of nitro benzene ring substituents is 1. The third kappa shape index (κ3) is 4.81. The number of allylic oxidation sites excluding steroid dienone is 1. The SMILES string of the molecule is CCOCCCN1C(=S)N[C@@H](c2ccc([N+](=O)[O-])cc2)C(C(=O)OC)=C1C. The zero-order chi connectivity index (χ0) is 20.0. The number of nitrogens with zero attached hydrogens (tertiary/aromatic N) is 2. The van der Waals surface area contributed by atoms with Crippen LogP contribution >= 0.6 is 12.2 Å². The summed E-state index contributed by atoms with van der Waals surface area (Å²) in [7, 11) is 1.32. The second kappa shape index (κ2) is 9.43. The lowest BCUT2D eigenvalue weighted by atomic mass is 9.95. The van der Waals surface area contributed by atoms with Gasteiger partial charge in [0, 0.05) is 37.6 Å². The van der Waals surface area contributed by atoms with E-state index < -0.39 is 16.9 Å².